The lowest BCUT2D eigenvalue weighted by Gasteiger charge is -2.06. The number of aliphatic carboxylic acids is 1. The molecule has 0 amide bonds. The highest BCUT2D eigenvalue weighted by molar-refractivity contribution is 5.87. The summed E-state index contributed by atoms with van der Waals surface area (Å²) >= 11 is 0. The Morgan fingerprint density at radius 3 is 2.94 bits per heavy atom. The monoisotopic (exact) mass is 231 g/mol. The SMILES string of the molecule is O=C(O)COc1cccc2c1ccn2C1CC1. The van der Waals surface area contributed by atoms with Gasteiger partial charge in [0.2, 0.25) is 0 Å². The maximum absolute atomic E-state index is 10.5. The molecule has 0 saturated heterocycles. The molecule has 0 unspecified atom stereocenters. The van der Waals surface area contributed by atoms with Crippen LogP contribution in [0.4, 0.5) is 0 Å². The van der Waals surface area contributed by atoms with Crippen molar-refractivity contribution in [2.75, 3.05) is 6.61 Å². The molecule has 4 nitrogen and oxygen atoms in total. The van der Waals surface area contributed by atoms with Crippen molar-refractivity contribution in [1.82, 2.24) is 4.57 Å². The lowest BCUT2D eigenvalue weighted by atomic mass is 10.2. The van der Waals surface area contributed by atoms with Crippen molar-refractivity contribution in [2.45, 2.75) is 18.9 Å². The summed E-state index contributed by atoms with van der Waals surface area (Å²) in [7, 11) is 0. The molecule has 0 bridgehead atoms. The van der Waals surface area contributed by atoms with Crippen LogP contribution in [0.15, 0.2) is 30.5 Å². The van der Waals surface area contributed by atoms with E-state index in [-0.39, 0.29) is 6.61 Å². The molecule has 1 aromatic carbocycles. The molecule has 1 aliphatic rings. The van der Waals surface area contributed by atoms with E-state index in [4.69, 9.17) is 9.84 Å². The Morgan fingerprint density at radius 1 is 1.41 bits per heavy atom. The highest BCUT2D eigenvalue weighted by atomic mass is 16.5. The second-order valence-corrected chi connectivity index (χ2v) is 4.33. The van der Waals surface area contributed by atoms with Crippen LogP contribution in [-0.2, 0) is 4.79 Å². The van der Waals surface area contributed by atoms with Crippen LogP contribution >= 0.6 is 0 Å². The quantitative estimate of drug-likeness (QED) is 0.879. The molecule has 1 heterocycles. The largest absolute Gasteiger partial charge is 0.481 e. The van der Waals surface area contributed by atoms with Crippen molar-refractivity contribution < 1.29 is 14.6 Å². The van der Waals surface area contributed by atoms with E-state index in [0.717, 1.165) is 10.9 Å². The Kier molecular flexibility index (Phi) is 2.28. The summed E-state index contributed by atoms with van der Waals surface area (Å²) in [6.07, 6.45) is 4.50. The van der Waals surface area contributed by atoms with E-state index in [1.54, 1.807) is 0 Å². The van der Waals surface area contributed by atoms with Gasteiger partial charge in [-0.05, 0) is 31.0 Å². The topological polar surface area (TPSA) is 51.5 Å². The number of hydrogen-bond donors (Lipinski definition) is 1. The number of aromatic nitrogens is 1. The number of rotatable bonds is 4. The molecule has 0 radical (unpaired) electrons. The van der Waals surface area contributed by atoms with Gasteiger partial charge in [-0.3, -0.25) is 0 Å². The highest BCUT2D eigenvalue weighted by Crippen LogP contribution is 2.39. The van der Waals surface area contributed by atoms with Crippen LogP contribution in [0.5, 0.6) is 5.75 Å². The van der Waals surface area contributed by atoms with Gasteiger partial charge in [0.25, 0.3) is 0 Å². The first-order valence-corrected chi connectivity index (χ1v) is 5.70. The predicted octanol–water partition coefficient (Wildman–Crippen LogP) is 2.44. The van der Waals surface area contributed by atoms with E-state index in [2.05, 4.69) is 10.8 Å². The molecule has 1 aromatic heterocycles. The van der Waals surface area contributed by atoms with Gasteiger partial charge >= 0.3 is 5.97 Å². The molecule has 0 spiro atoms. The van der Waals surface area contributed by atoms with E-state index >= 15 is 0 Å². The minimum absolute atomic E-state index is 0.298. The zero-order valence-corrected chi connectivity index (χ0v) is 9.30. The van der Waals surface area contributed by atoms with Crippen LogP contribution in [0.3, 0.4) is 0 Å². The minimum atomic E-state index is -0.955. The Bertz CT molecular complexity index is 569. The number of carboxylic acid groups (broad SMARTS) is 1. The lowest BCUT2D eigenvalue weighted by molar-refractivity contribution is -0.139. The van der Waals surface area contributed by atoms with Gasteiger partial charge in [0.15, 0.2) is 6.61 Å². The highest BCUT2D eigenvalue weighted by Gasteiger charge is 2.24. The maximum Gasteiger partial charge on any atom is 0.341 e. The van der Waals surface area contributed by atoms with Gasteiger partial charge in [-0.1, -0.05) is 6.07 Å². The molecule has 1 fully saturated rings. The Balaban J connectivity index is 1.98. The van der Waals surface area contributed by atoms with Crippen molar-refractivity contribution in [1.29, 1.82) is 0 Å². The van der Waals surface area contributed by atoms with Crippen LogP contribution in [0.25, 0.3) is 10.9 Å². The molecule has 1 N–H and O–H groups in total. The van der Waals surface area contributed by atoms with E-state index in [9.17, 15) is 4.79 Å². The third-order valence-electron chi connectivity index (χ3n) is 3.01. The first-order chi connectivity index (χ1) is 8.25. The van der Waals surface area contributed by atoms with E-state index in [0.29, 0.717) is 11.8 Å². The van der Waals surface area contributed by atoms with Gasteiger partial charge in [-0.15, -0.1) is 0 Å². The molecule has 4 heteroatoms. The summed E-state index contributed by atoms with van der Waals surface area (Å²) in [5, 5.41) is 9.61. The summed E-state index contributed by atoms with van der Waals surface area (Å²) in [6, 6.07) is 8.36. The van der Waals surface area contributed by atoms with Crippen LogP contribution < -0.4 is 4.74 Å². The number of hydrogen-bond acceptors (Lipinski definition) is 2. The van der Waals surface area contributed by atoms with Crippen molar-refractivity contribution in [3.8, 4) is 5.75 Å². The molecule has 1 saturated carbocycles. The number of nitrogens with zero attached hydrogens (tertiary/aromatic N) is 1. The zero-order chi connectivity index (χ0) is 11.8. The molecule has 1 aliphatic carbocycles. The van der Waals surface area contributed by atoms with Gasteiger partial charge in [0.05, 0.1) is 5.52 Å². The second-order valence-electron chi connectivity index (χ2n) is 4.33. The van der Waals surface area contributed by atoms with Gasteiger partial charge in [0.1, 0.15) is 5.75 Å². The van der Waals surface area contributed by atoms with Crippen LogP contribution in [0.1, 0.15) is 18.9 Å². The number of ether oxygens (including phenoxy) is 1. The summed E-state index contributed by atoms with van der Waals surface area (Å²) in [6.45, 7) is -0.298. The van der Waals surface area contributed by atoms with Crippen molar-refractivity contribution in [2.24, 2.45) is 0 Å². The fourth-order valence-electron chi connectivity index (χ4n) is 2.10. The number of carbonyl (C=O) groups is 1. The average Bonchev–Trinajstić information content (AvgIpc) is 3.06. The number of fused-ring (bicyclic) bond motifs is 1. The first-order valence-electron chi connectivity index (χ1n) is 5.70. The van der Waals surface area contributed by atoms with Crippen molar-refractivity contribution >= 4 is 16.9 Å². The Morgan fingerprint density at radius 2 is 2.24 bits per heavy atom. The van der Waals surface area contributed by atoms with Crippen molar-refractivity contribution in [3.63, 3.8) is 0 Å². The van der Waals surface area contributed by atoms with Gasteiger partial charge < -0.3 is 14.4 Å². The second kappa shape index (κ2) is 3.80. The molecule has 88 valence electrons. The predicted molar refractivity (Wildman–Crippen MR) is 63.3 cm³/mol. The number of benzene rings is 1. The zero-order valence-electron chi connectivity index (χ0n) is 9.30. The number of carboxylic acids is 1. The molecule has 17 heavy (non-hydrogen) atoms. The summed E-state index contributed by atoms with van der Waals surface area (Å²) in [5.41, 5.74) is 1.12. The molecular formula is C13H13NO3. The first kappa shape index (κ1) is 10.2. The third kappa shape index (κ3) is 1.86. The molecule has 0 atom stereocenters. The van der Waals surface area contributed by atoms with Gasteiger partial charge in [0, 0.05) is 17.6 Å². The smallest absolute Gasteiger partial charge is 0.341 e. The van der Waals surface area contributed by atoms with Crippen LogP contribution in [0.2, 0.25) is 0 Å². The van der Waals surface area contributed by atoms with E-state index in [1.165, 1.54) is 12.8 Å². The summed E-state index contributed by atoms with van der Waals surface area (Å²) in [4.78, 5) is 10.5. The Hall–Kier alpha value is -1.97. The van der Waals surface area contributed by atoms with Gasteiger partial charge in [-0.2, -0.15) is 0 Å². The lowest BCUT2D eigenvalue weighted by Crippen LogP contribution is -2.09. The van der Waals surface area contributed by atoms with E-state index < -0.39 is 5.97 Å². The minimum Gasteiger partial charge on any atom is -0.481 e. The molecule has 0 aliphatic heterocycles. The van der Waals surface area contributed by atoms with E-state index in [1.807, 2.05) is 24.3 Å². The normalized spacial score (nSPS) is 15.1. The average molecular weight is 231 g/mol. The maximum atomic E-state index is 10.5. The standard InChI is InChI=1S/C13H13NO3/c15-13(16)8-17-12-3-1-2-11-10(12)6-7-14(11)9-4-5-9/h1-3,6-7,9H,4-5,8H2,(H,15,16). The van der Waals surface area contributed by atoms with Crippen molar-refractivity contribution in [3.05, 3.63) is 30.5 Å². The Labute approximate surface area is 98.4 Å². The summed E-state index contributed by atoms with van der Waals surface area (Å²) in [5.74, 6) is -0.312. The molecule has 2 aromatic rings. The third-order valence-corrected chi connectivity index (χ3v) is 3.01. The fraction of sp³-hybridized carbons (Fsp3) is 0.308. The molecule has 3 rings (SSSR count). The van der Waals surface area contributed by atoms with Gasteiger partial charge in [-0.25, -0.2) is 4.79 Å². The van der Waals surface area contributed by atoms with Crippen LogP contribution in [-0.4, -0.2) is 22.2 Å². The fourth-order valence-corrected chi connectivity index (χ4v) is 2.10. The van der Waals surface area contributed by atoms with Crippen LogP contribution in [0, 0.1) is 0 Å². The molecular weight excluding hydrogens is 218 g/mol. The summed E-state index contributed by atoms with van der Waals surface area (Å²) < 4.78 is 7.52.